The fourth-order valence-electron chi connectivity index (χ4n) is 18.5. The van der Waals surface area contributed by atoms with Gasteiger partial charge in [-0.3, -0.25) is 0 Å². The topological polar surface area (TPSA) is 232 Å². The van der Waals surface area contributed by atoms with Gasteiger partial charge in [-0.25, -0.2) is 15.0 Å². The van der Waals surface area contributed by atoms with Crippen LogP contribution < -0.4 is 28.4 Å². The average molecular weight is 1710 g/mol. The Bertz CT molecular complexity index is 6420. The van der Waals surface area contributed by atoms with Gasteiger partial charge >= 0.3 is 18.0 Å². The third-order valence-corrected chi connectivity index (χ3v) is 26.1. The van der Waals surface area contributed by atoms with E-state index in [1.165, 1.54) is 70.8 Å². The zero-order valence-corrected chi connectivity index (χ0v) is 74.7. The number of benzene rings is 13. The number of hydrogen-bond acceptors (Lipinski definition) is 18. The number of hydrogen-bond donors (Lipinski definition) is 3. The van der Waals surface area contributed by atoms with Gasteiger partial charge in [0.2, 0.25) is 0 Å². The first-order valence-electron chi connectivity index (χ1n) is 47.0. The maximum absolute atomic E-state index is 11.2. The molecular formula is C110H117N9O9. The Kier molecular flexibility index (Phi) is 28.1. The van der Waals surface area contributed by atoms with Crippen molar-refractivity contribution in [1.82, 2.24) is 44.9 Å². The van der Waals surface area contributed by atoms with Gasteiger partial charge in [-0.1, -0.05) is 245 Å². The van der Waals surface area contributed by atoms with Gasteiger partial charge in [0.05, 0.1) is 36.5 Å². The lowest BCUT2D eigenvalue weighted by Gasteiger charge is -2.17. The first kappa shape index (κ1) is 87.3. The van der Waals surface area contributed by atoms with Crippen LogP contribution in [0.3, 0.4) is 0 Å². The van der Waals surface area contributed by atoms with E-state index in [0.717, 1.165) is 175 Å². The first-order valence-corrected chi connectivity index (χ1v) is 47.0. The average Bonchev–Trinajstić information content (AvgIpc) is 1.00. The molecule has 18 heteroatoms. The van der Waals surface area contributed by atoms with Gasteiger partial charge in [0.15, 0.2) is 34.9 Å². The number of fused-ring (bicyclic) bond motifs is 5. The molecule has 3 fully saturated rings. The molecule has 0 spiro atoms. The second-order valence-electron chi connectivity index (χ2n) is 34.9. The monoisotopic (exact) mass is 1710 g/mol. The van der Waals surface area contributed by atoms with E-state index in [-0.39, 0.29) is 35.6 Å². The number of unbranched alkanes of at least 4 members (excludes halogenated alkanes) is 3. The van der Waals surface area contributed by atoms with E-state index in [1.807, 2.05) is 72.8 Å². The summed E-state index contributed by atoms with van der Waals surface area (Å²) in [6, 6.07) is 74.0. The molecule has 3 unspecified atom stereocenters. The van der Waals surface area contributed by atoms with Crippen molar-refractivity contribution in [1.29, 1.82) is 0 Å². The van der Waals surface area contributed by atoms with Crippen LogP contribution in [0.25, 0.3) is 144 Å². The Hall–Kier alpha value is -12.8. The SMILES string of the molecule is CCCCC(CC)COc1ccc(-c2nc(OC3CCCC3)nc(-c3c4ccccc4cc4ccccc34)n2)c(O)c1.CCCCC(CC)COc1ccc(-c2nc(OC3CCCC3)nc(-c3cc4ccccc4c4ccccc34)n2)c(O)c1.CCCCC(CC)COc1ccc(-c2nc(OC3CCCC3)nc(-c3ccc4ccc5cccc6ccc3c4c56)n2)c(O)c1. The predicted octanol–water partition coefficient (Wildman–Crippen LogP) is 28.0. The summed E-state index contributed by atoms with van der Waals surface area (Å²) >= 11 is 0. The first-order chi connectivity index (χ1) is 62.9. The van der Waals surface area contributed by atoms with E-state index in [9.17, 15) is 15.3 Å². The van der Waals surface area contributed by atoms with Gasteiger partial charge in [0.1, 0.15) is 52.8 Å². The van der Waals surface area contributed by atoms with Gasteiger partial charge in [0.25, 0.3) is 0 Å². The Morgan fingerprint density at radius 1 is 0.281 bits per heavy atom. The summed E-state index contributed by atoms with van der Waals surface area (Å²) in [6.07, 6.45) is 26.9. The van der Waals surface area contributed by atoms with Gasteiger partial charge in [0, 0.05) is 34.9 Å². The molecule has 18 nitrogen and oxygen atoms in total. The molecule has 656 valence electrons. The maximum Gasteiger partial charge on any atom is 0.320 e. The number of rotatable bonds is 33. The van der Waals surface area contributed by atoms with Crippen LogP contribution >= 0.6 is 0 Å². The molecule has 0 amide bonds. The number of ether oxygens (including phenoxy) is 6. The summed E-state index contributed by atoms with van der Waals surface area (Å²) in [5.74, 6) is 6.37. The Balaban J connectivity index is 0.000000135. The normalized spacial score (nSPS) is 14.5. The molecule has 3 N–H and O–H groups in total. The Morgan fingerprint density at radius 2 is 0.609 bits per heavy atom. The van der Waals surface area contributed by atoms with Crippen molar-refractivity contribution in [3.05, 3.63) is 218 Å². The van der Waals surface area contributed by atoms with Crippen molar-refractivity contribution in [3.63, 3.8) is 0 Å². The standard InChI is InChI=1S/C38H39N3O3.2C36H39N3O3/c1-3-5-9-24(4-2)23-43-29-18-21-32(33(42)22-29)37-39-36(40-38(41-37)44-28-12-6-7-13-28)31-20-17-27-15-14-25-10-8-11-26-16-19-30(31)35(27)34(25)26;1-3-5-12-24(4-2)23-41-28-19-20-31(32(40)22-28)34-37-35(39-36(38-34)42-27-15-8-9-16-27)33-29-17-10-6-13-25(29)21-26-14-7-11-18-30(26)33;1-3-5-12-24(4-2)23-41-27-19-20-31(33(40)22-27)34-37-35(39-36(38-34)42-26-14-7-8-15-26)32-21-25-13-6-9-16-28(25)29-17-10-11-18-30(29)32/h8,10-11,14-22,24,28,42H,3-7,9,12-13,23H2,1-2H3;6-7,10-11,13-14,17-22,24,27,40H,3-5,8-9,12,15-16,23H2,1-2H3;6,9-11,13,16-22,24,26,40H,3-5,7-8,12,14-15,23H2,1-2H3. The van der Waals surface area contributed by atoms with E-state index < -0.39 is 0 Å². The van der Waals surface area contributed by atoms with Crippen molar-refractivity contribution >= 4 is 75.4 Å². The number of aromatic hydroxyl groups is 3. The van der Waals surface area contributed by atoms with Crippen molar-refractivity contribution in [2.24, 2.45) is 17.8 Å². The molecule has 13 aromatic carbocycles. The highest BCUT2D eigenvalue weighted by Gasteiger charge is 2.28. The van der Waals surface area contributed by atoms with Crippen LogP contribution in [0.5, 0.6) is 52.5 Å². The molecule has 0 radical (unpaired) electrons. The molecule has 128 heavy (non-hydrogen) atoms. The molecule has 0 bridgehead atoms. The smallest absolute Gasteiger partial charge is 0.320 e. The molecule has 3 aliphatic carbocycles. The third-order valence-electron chi connectivity index (χ3n) is 26.1. The fourth-order valence-corrected chi connectivity index (χ4v) is 18.5. The third kappa shape index (κ3) is 20.3. The second kappa shape index (κ2) is 41.3. The summed E-state index contributed by atoms with van der Waals surface area (Å²) in [5.41, 5.74) is 4.30. The predicted molar refractivity (Wildman–Crippen MR) is 516 cm³/mol. The van der Waals surface area contributed by atoms with Crippen LogP contribution in [0.2, 0.25) is 0 Å². The summed E-state index contributed by atoms with van der Waals surface area (Å²) < 4.78 is 37.2. The van der Waals surface area contributed by atoms with Crippen molar-refractivity contribution in [3.8, 4) is 121 Å². The maximum atomic E-state index is 11.2. The largest absolute Gasteiger partial charge is 0.507 e. The van der Waals surface area contributed by atoms with Gasteiger partial charge in [-0.05, 0) is 244 Å². The summed E-state index contributed by atoms with van der Waals surface area (Å²) in [4.78, 5) is 43.5. The van der Waals surface area contributed by atoms with Crippen LogP contribution in [0.1, 0.15) is 196 Å². The van der Waals surface area contributed by atoms with Gasteiger partial charge in [-0.2, -0.15) is 29.9 Å². The molecular weight excluding hydrogens is 1590 g/mol. The molecule has 0 saturated heterocycles. The van der Waals surface area contributed by atoms with E-state index in [2.05, 4.69) is 169 Å². The minimum atomic E-state index is 0.0702. The van der Waals surface area contributed by atoms with Gasteiger partial charge in [-0.15, -0.1) is 0 Å². The lowest BCUT2D eigenvalue weighted by molar-refractivity contribution is 0.192. The number of aromatic nitrogens is 9. The van der Waals surface area contributed by atoms with E-state index >= 15 is 0 Å². The van der Waals surface area contributed by atoms with Gasteiger partial charge < -0.3 is 43.7 Å². The number of phenolic OH excluding ortho intramolecular Hbond substituents is 3. The van der Waals surface area contributed by atoms with E-state index in [1.54, 1.807) is 18.2 Å². The molecule has 16 aromatic rings. The van der Waals surface area contributed by atoms with Crippen LogP contribution in [-0.4, -0.2) is 98.3 Å². The zero-order valence-electron chi connectivity index (χ0n) is 74.7. The quantitative estimate of drug-likeness (QED) is 0.0256. The highest BCUT2D eigenvalue weighted by atomic mass is 16.5. The molecule has 3 aromatic heterocycles. The van der Waals surface area contributed by atoms with Crippen LogP contribution in [-0.2, 0) is 0 Å². The lowest BCUT2D eigenvalue weighted by Crippen LogP contribution is -2.14. The molecule has 19 rings (SSSR count). The summed E-state index contributed by atoms with van der Waals surface area (Å²) in [7, 11) is 0. The van der Waals surface area contributed by atoms with E-state index in [4.69, 9.17) is 73.3 Å². The molecule has 3 heterocycles. The van der Waals surface area contributed by atoms with Crippen LogP contribution in [0.4, 0.5) is 0 Å². The second-order valence-corrected chi connectivity index (χ2v) is 34.9. The summed E-state index contributed by atoms with van der Waals surface area (Å²) in [6.45, 7) is 15.2. The molecule has 3 aliphatic rings. The van der Waals surface area contributed by atoms with Crippen molar-refractivity contribution < 1.29 is 43.7 Å². The molecule has 0 aliphatic heterocycles. The van der Waals surface area contributed by atoms with Crippen molar-refractivity contribution in [2.75, 3.05) is 19.8 Å². The lowest BCUT2D eigenvalue weighted by atomic mass is 9.92. The number of nitrogens with zero attached hydrogens (tertiary/aromatic N) is 9. The summed E-state index contributed by atoms with van der Waals surface area (Å²) in [5, 5.41) is 49.4. The van der Waals surface area contributed by atoms with E-state index in [0.29, 0.717) is 124 Å². The Labute approximate surface area is 750 Å². The molecule has 3 atom stereocenters. The minimum absolute atomic E-state index is 0.0702. The fraction of sp³-hybridized carbons (Fsp3) is 0.355. The number of phenols is 3. The Morgan fingerprint density at radius 3 is 1.02 bits per heavy atom. The molecule has 3 saturated carbocycles. The van der Waals surface area contributed by atoms with Crippen molar-refractivity contribution in [2.45, 2.75) is 214 Å². The van der Waals surface area contributed by atoms with Crippen LogP contribution in [0, 0.1) is 17.8 Å². The zero-order chi connectivity index (χ0) is 87.8. The highest BCUT2D eigenvalue weighted by Crippen LogP contribution is 2.45. The minimum Gasteiger partial charge on any atom is -0.507 e. The highest BCUT2D eigenvalue weighted by molar-refractivity contribution is 6.25. The van der Waals surface area contributed by atoms with Crippen LogP contribution in [0.15, 0.2) is 218 Å².